The van der Waals surface area contributed by atoms with Crippen molar-refractivity contribution in [3.8, 4) is 11.3 Å². The Hall–Kier alpha value is -2.20. The van der Waals surface area contributed by atoms with E-state index in [1.54, 1.807) is 13.0 Å². The van der Waals surface area contributed by atoms with Gasteiger partial charge in [0.15, 0.2) is 0 Å². The van der Waals surface area contributed by atoms with E-state index in [0.717, 1.165) is 21.0 Å². The molecule has 0 unspecified atom stereocenters. The third-order valence-electron chi connectivity index (χ3n) is 3.77. The Kier molecular flexibility index (Phi) is 4.44. The maximum absolute atomic E-state index is 12.3. The van der Waals surface area contributed by atoms with Crippen LogP contribution < -0.4 is 5.63 Å². The van der Waals surface area contributed by atoms with Gasteiger partial charge in [0.25, 0.3) is 0 Å². The highest BCUT2D eigenvalue weighted by molar-refractivity contribution is 9.10. The lowest BCUT2D eigenvalue weighted by Gasteiger charge is -2.11. The van der Waals surface area contributed by atoms with Gasteiger partial charge in [0.2, 0.25) is 0 Å². The smallest absolute Gasteiger partial charge is 0.344 e. The molecule has 0 fully saturated rings. The van der Waals surface area contributed by atoms with Crippen LogP contribution in [0.15, 0.2) is 62.2 Å². The van der Waals surface area contributed by atoms with Gasteiger partial charge in [-0.25, -0.2) is 4.79 Å². The molecule has 4 heteroatoms. The van der Waals surface area contributed by atoms with Crippen molar-refractivity contribution in [2.24, 2.45) is 0 Å². The molecule has 0 amide bonds. The second-order valence-corrected chi connectivity index (χ2v) is 6.37. The van der Waals surface area contributed by atoms with Gasteiger partial charge in [-0.05, 0) is 36.9 Å². The summed E-state index contributed by atoms with van der Waals surface area (Å²) >= 11 is 3.40. The van der Waals surface area contributed by atoms with E-state index >= 15 is 0 Å². The summed E-state index contributed by atoms with van der Waals surface area (Å²) < 4.78 is 6.55. The average Bonchev–Trinajstić information content (AvgIpc) is 2.54. The summed E-state index contributed by atoms with van der Waals surface area (Å²) in [7, 11) is 0. The van der Waals surface area contributed by atoms with Crippen molar-refractivity contribution in [3.63, 3.8) is 0 Å². The van der Waals surface area contributed by atoms with Gasteiger partial charge in [0.05, 0.1) is 5.39 Å². The van der Waals surface area contributed by atoms with E-state index in [9.17, 15) is 9.59 Å². The van der Waals surface area contributed by atoms with Crippen molar-refractivity contribution >= 4 is 32.5 Å². The number of aryl methyl sites for hydroxylation is 1. The lowest BCUT2D eigenvalue weighted by molar-refractivity contribution is -0.116. The summed E-state index contributed by atoms with van der Waals surface area (Å²) in [6.45, 7) is 1.57. The number of ketones is 1. The minimum absolute atomic E-state index is 0.113. The van der Waals surface area contributed by atoms with Crippen LogP contribution in [0.1, 0.15) is 18.9 Å². The van der Waals surface area contributed by atoms with Crippen molar-refractivity contribution in [3.05, 3.63) is 69.0 Å². The molecule has 116 valence electrons. The summed E-state index contributed by atoms with van der Waals surface area (Å²) in [6.07, 6.45) is 0.965. The molecule has 3 aromatic rings. The molecule has 0 aliphatic rings. The highest BCUT2D eigenvalue weighted by Gasteiger charge is 2.15. The van der Waals surface area contributed by atoms with E-state index in [2.05, 4.69) is 15.9 Å². The number of hydrogen-bond donors (Lipinski definition) is 0. The van der Waals surface area contributed by atoms with E-state index in [1.165, 1.54) is 0 Å². The van der Waals surface area contributed by atoms with E-state index in [4.69, 9.17) is 4.42 Å². The first kappa shape index (κ1) is 15.7. The molecule has 23 heavy (non-hydrogen) atoms. The molecule has 1 aromatic heterocycles. The van der Waals surface area contributed by atoms with Crippen molar-refractivity contribution in [2.45, 2.75) is 19.8 Å². The first-order valence-electron chi connectivity index (χ1n) is 7.36. The molecule has 0 spiro atoms. The summed E-state index contributed by atoms with van der Waals surface area (Å²) in [4.78, 5) is 23.7. The summed E-state index contributed by atoms with van der Waals surface area (Å²) in [6, 6.07) is 15.0. The van der Waals surface area contributed by atoms with Crippen molar-refractivity contribution in [2.75, 3.05) is 0 Å². The molecular formula is C19H15BrO3. The Labute approximate surface area is 142 Å². The van der Waals surface area contributed by atoms with Gasteiger partial charge in [-0.15, -0.1) is 0 Å². The van der Waals surface area contributed by atoms with Gasteiger partial charge in [-0.1, -0.05) is 46.3 Å². The first-order chi connectivity index (χ1) is 11.1. The Bertz CT molecular complexity index is 923. The molecule has 0 atom stereocenters. The topological polar surface area (TPSA) is 47.3 Å². The van der Waals surface area contributed by atoms with Crippen molar-refractivity contribution < 1.29 is 9.21 Å². The Morgan fingerprint density at radius 2 is 1.70 bits per heavy atom. The largest absolute Gasteiger partial charge is 0.422 e. The third-order valence-corrected chi connectivity index (χ3v) is 4.30. The molecule has 0 saturated carbocycles. The fourth-order valence-corrected chi connectivity index (χ4v) is 2.90. The van der Waals surface area contributed by atoms with Crippen LogP contribution in [0.2, 0.25) is 0 Å². The van der Waals surface area contributed by atoms with Crippen LogP contribution in [0.5, 0.6) is 0 Å². The number of carbonyl (C=O) groups excluding carboxylic acids is 1. The molecule has 0 aliphatic carbocycles. The molecule has 2 aromatic carbocycles. The quantitative estimate of drug-likeness (QED) is 0.665. The van der Waals surface area contributed by atoms with Crippen LogP contribution in [0.3, 0.4) is 0 Å². The molecule has 1 heterocycles. The standard InChI is InChI=1S/C19H15BrO3/c1-12(21)6-11-16-15-4-2-3-5-17(15)19(22)23-18(16)13-7-9-14(20)10-8-13/h2-5,7-10H,6,11H2,1H3. The van der Waals surface area contributed by atoms with Crippen LogP contribution in [-0.2, 0) is 11.2 Å². The average molecular weight is 371 g/mol. The fraction of sp³-hybridized carbons (Fsp3) is 0.158. The number of Topliss-reactive ketones (excluding diaryl/α,β-unsaturated/α-hetero) is 1. The molecule has 0 N–H and O–H groups in total. The van der Waals surface area contributed by atoms with Gasteiger partial charge < -0.3 is 9.21 Å². The number of benzene rings is 2. The lowest BCUT2D eigenvalue weighted by atomic mass is 9.97. The first-order valence-corrected chi connectivity index (χ1v) is 8.15. The van der Waals surface area contributed by atoms with Crippen LogP contribution in [-0.4, -0.2) is 5.78 Å². The molecule has 0 saturated heterocycles. The second-order valence-electron chi connectivity index (χ2n) is 5.45. The molecule has 3 rings (SSSR count). The normalized spacial score (nSPS) is 10.9. The summed E-state index contributed by atoms with van der Waals surface area (Å²) in [5.74, 6) is 0.657. The third kappa shape index (κ3) is 3.27. The number of rotatable bonds is 4. The predicted octanol–water partition coefficient (Wildman–Crippen LogP) is 4.74. The fourth-order valence-electron chi connectivity index (χ4n) is 2.64. The molecule has 0 aliphatic heterocycles. The predicted molar refractivity (Wildman–Crippen MR) is 94.6 cm³/mol. The van der Waals surface area contributed by atoms with Gasteiger partial charge in [0.1, 0.15) is 11.5 Å². The zero-order valence-corrected chi connectivity index (χ0v) is 14.2. The maximum Gasteiger partial charge on any atom is 0.344 e. The second kappa shape index (κ2) is 6.50. The van der Waals surface area contributed by atoms with E-state index in [1.807, 2.05) is 42.5 Å². The number of halogens is 1. The van der Waals surface area contributed by atoms with Gasteiger partial charge in [0, 0.05) is 22.0 Å². The molecule has 0 bridgehead atoms. The van der Waals surface area contributed by atoms with Crippen LogP contribution in [0.4, 0.5) is 0 Å². The minimum atomic E-state index is -0.356. The molecule has 3 nitrogen and oxygen atoms in total. The SMILES string of the molecule is CC(=O)CCc1c(-c2ccc(Br)cc2)oc(=O)c2ccccc12. The number of carbonyl (C=O) groups is 1. The number of fused-ring (bicyclic) bond motifs is 1. The monoisotopic (exact) mass is 370 g/mol. The Balaban J connectivity index is 2.26. The molecular weight excluding hydrogens is 356 g/mol. The minimum Gasteiger partial charge on any atom is -0.422 e. The van der Waals surface area contributed by atoms with Crippen LogP contribution in [0, 0.1) is 0 Å². The van der Waals surface area contributed by atoms with Gasteiger partial charge >= 0.3 is 5.63 Å². The zero-order chi connectivity index (χ0) is 16.4. The highest BCUT2D eigenvalue weighted by Crippen LogP contribution is 2.30. The maximum atomic E-state index is 12.3. The van der Waals surface area contributed by atoms with Crippen molar-refractivity contribution in [1.29, 1.82) is 0 Å². The molecule has 0 radical (unpaired) electrons. The van der Waals surface area contributed by atoms with Crippen LogP contribution >= 0.6 is 15.9 Å². The highest BCUT2D eigenvalue weighted by atomic mass is 79.9. The van der Waals surface area contributed by atoms with E-state index < -0.39 is 0 Å². The summed E-state index contributed by atoms with van der Waals surface area (Å²) in [5.41, 5.74) is 1.37. The van der Waals surface area contributed by atoms with Gasteiger partial charge in [-0.2, -0.15) is 0 Å². The van der Waals surface area contributed by atoms with Crippen LogP contribution in [0.25, 0.3) is 22.1 Å². The van der Waals surface area contributed by atoms with E-state index in [-0.39, 0.29) is 11.4 Å². The lowest BCUT2D eigenvalue weighted by Crippen LogP contribution is -2.06. The Morgan fingerprint density at radius 3 is 2.35 bits per heavy atom. The van der Waals surface area contributed by atoms with Crippen molar-refractivity contribution in [1.82, 2.24) is 0 Å². The zero-order valence-electron chi connectivity index (χ0n) is 12.6. The Morgan fingerprint density at radius 1 is 1.04 bits per heavy atom. The summed E-state index contributed by atoms with van der Waals surface area (Å²) in [5, 5.41) is 1.40. The van der Waals surface area contributed by atoms with E-state index in [0.29, 0.717) is 24.0 Å². The number of hydrogen-bond acceptors (Lipinski definition) is 3. The van der Waals surface area contributed by atoms with Gasteiger partial charge in [-0.3, -0.25) is 0 Å².